The summed E-state index contributed by atoms with van der Waals surface area (Å²) in [6.07, 6.45) is 3.56. The van der Waals surface area contributed by atoms with Gasteiger partial charge >= 0.3 is 0 Å². The standard InChI is InChI=1S/C10H16N2O2/c11-6-2-7-12-10(13)5-4-9-3-1-8-14-9/h1,3,8H,2,4-7,11H2,(H,12,13). The van der Waals surface area contributed by atoms with Crippen LogP contribution in [-0.4, -0.2) is 19.0 Å². The second-order valence-electron chi connectivity index (χ2n) is 3.07. The molecule has 4 nitrogen and oxygen atoms in total. The minimum Gasteiger partial charge on any atom is -0.469 e. The molecule has 0 bridgehead atoms. The van der Waals surface area contributed by atoms with E-state index in [1.807, 2.05) is 12.1 Å². The molecule has 1 heterocycles. The molecule has 0 saturated heterocycles. The van der Waals surface area contributed by atoms with Crippen LogP contribution in [0.25, 0.3) is 0 Å². The molecule has 1 aromatic heterocycles. The number of hydrogen-bond donors (Lipinski definition) is 2. The highest BCUT2D eigenvalue weighted by Gasteiger charge is 2.02. The molecule has 1 amide bonds. The Kier molecular flexibility index (Phi) is 4.78. The maximum Gasteiger partial charge on any atom is 0.220 e. The Labute approximate surface area is 83.5 Å². The Balaban J connectivity index is 2.09. The van der Waals surface area contributed by atoms with Crippen LogP contribution in [-0.2, 0) is 11.2 Å². The topological polar surface area (TPSA) is 68.3 Å². The molecule has 1 aromatic rings. The maximum absolute atomic E-state index is 11.2. The van der Waals surface area contributed by atoms with Gasteiger partial charge < -0.3 is 15.5 Å². The minimum atomic E-state index is 0.0508. The lowest BCUT2D eigenvalue weighted by Crippen LogP contribution is -2.26. The SMILES string of the molecule is NCCCNC(=O)CCc1ccco1. The third kappa shape index (κ3) is 4.09. The third-order valence-electron chi connectivity index (χ3n) is 1.88. The van der Waals surface area contributed by atoms with Crippen LogP contribution in [0.15, 0.2) is 22.8 Å². The molecule has 0 aromatic carbocycles. The molecule has 14 heavy (non-hydrogen) atoms. The molecule has 0 fully saturated rings. The van der Waals surface area contributed by atoms with Gasteiger partial charge in [0.15, 0.2) is 0 Å². The Bertz CT molecular complexity index is 257. The number of furan rings is 1. The van der Waals surface area contributed by atoms with E-state index in [4.69, 9.17) is 10.2 Å². The molecule has 4 heteroatoms. The lowest BCUT2D eigenvalue weighted by molar-refractivity contribution is -0.121. The van der Waals surface area contributed by atoms with Gasteiger partial charge in [-0.05, 0) is 25.1 Å². The van der Waals surface area contributed by atoms with Crippen molar-refractivity contribution in [2.24, 2.45) is 5.73 Å². The van der Waals surface area contributed by atoms with Crippen LogP contribution < -0.4 is 11.1 Å². The average molecular weight is 196 g/mol. The van der Waals surface area contributed by atoms with Crippen molar-refractivity contribution in [1.82, 2.24) is 5.32 Å². The highest BCUT2D eigenvalue weighted by molar-refractivity contribution is 5.75. The van der Waals surface area contributed by atoms with E-state index in [2.05, 4.69) is 5.32 Å². The fourth-order valence-corrected chi connectivity index (χ4v) is 1.11. The number of amides is 1. The lowest BCUT2D eigenvalue weighted by atomic mass is 10.2. The van der Waals surface area contributed by atoms with Crippen LogP contribution in [0.3, 0.4) is 0 Å². The van der Waals surface area contributed by atoms with Gasteiger partial charge in [0.05, 0.1) is 6.26 Å². The molecule has 3 N–H and O–H groups in total. The van der Waals surface area contributed by atoms with Gasteiger partial charge in [-0.15, -0.1) is 0 Å². The summed E-state index contributed by atoms with van der Waals surface area (Å²) >= 11 is 0. The van der Waals surface area contributed by atoms with Gasteiger partial charge in [0.1, 0.15) is 5.76 Å². The van der Waals surface area contributed by atoms with Crippen molar-refractivity contribution in [3.63, 3.8) is 0 Å². The normalized spacial score (nSPS) is 10.1. The number of carbonyl (C=O) groups is 1. The third-order valence-corrected chi connectivity index (χ3v) is 1.88. The van der Waals surface area contributed by atoms with E-state index >= 15 is 0 Å². The highest BCUT2D eigenvalue weighted by atomic mass is 16.3. The molecule has 0 aliphatic heterocycles. The Morgan fingerprint density at radius 2 is 2.43 bits per heavy atom. The van der Waals surface area contributed by atoms with E-state index < -0.39 is 0 Å². The van der Waals surface area contributed by atoms with E-state index in [0.29, 0.717) is 25.9 Å². The van der Waals surface area contributed by atoms with Crippen LogP contribution in [0, 0.1) is 0 Å². The molecule has 0 radical (unpaired) electrons. The molecule has 0 spiro atoms. The van der Waals surface area contributed by atoms with Gasteiger partial charge in [0, 0.05) is 19.4 Å². The van der Waals surface area contributed by atoms with Crippen LogP contribution >= 0.6 is 0 Å². The summed E-state index contributed by atoms with van der Waals surface area (Å²) in [5.41, 5.74) is 5.30. The first-order valence-electron chi connectivity index (χ1n) is 4.82. The summed E-state index contributed by atoms with van der Waals surface area (Å²) in [4.78, 5) is 11.2. The molecular weight excluding hydrogens is 180 g/mol. The van der Waals surface area contributed by atoms with Gasteiger partial charge in [0.25, 0.3) is 0 Å². The van der Waals surface area contributed by atoms with Gasteiger partial charge in [-0.25, -0.2) is 0 Å². The van der Waals surface area contributed by atoms with Crippen molar-refractivity contribution < 1.29 is 9.21 Å². The van der Waals surface area contributed by atoms with E-state index in [1.54, 1.807) is 6.26 Å². The first kappa shape index (κ1) is 10.8. The maximum atomic E-state index is 11.2. The molecule has 1 rings (SSSR count). The van der Waals surface area contributed by atoms with Gasteiger partial charge in [-0.3, -0.25) is 4.79 Å². The van der Waals surface area contributed by atoms with E-state index in [9.17, 15) is 4.79 Å². The summed E-state index contributed by atoms with van der Waals surface area (Å²) in [6.45, 7) is 1.27. The fourth-order valence-electron chi connectivity index (χ4n) is 1.11. The second kappa shape index (κ2) is 6.21. The molecule has 0 aliphatic rings. The van der Waals surface area contributed by atoms with Crippen LogP contribution in [0.1, 0.15) is 18.6 Å². The van der Waals surface area contributed by atoms with Crippen LogP contribution in [0.5, 0.6) is 0 Å². The highest BCUT2D eigenvalue weighted by Crippen LogP contribution is 2.02. The van der Waals surface area contributed by atoms with E-state index in [-0.39, 0.29) is 5.91 Å². The summed E-state index contributed by atoms with van der Waals surface area (Å²) in [6, 6.07) is 3.69. The van der Waals surface area contributed by atoms with Gasteiger partial charge in [-0.2, -0.15) is 0 Å². The molecule has 0 atom stereocenters. The van der Waals surface area contributed by atoms with Crippen molar-refractivity contribution in [2.75, 3.05) is 13.1 Å². The molecule has 0 aliphatic carbocycles. The van der Waals surface area contributed by atoms with Crippen molar-refractivity contribution in [3.8, 4) is 0 Å². The van der Waals surface area contributed by atoms with Gasteiger partial charge in [0.2, 0.25) is 5.91 Å². The van der Waals surface area contributed by atoms with Crippen molar-refractivity contribution >= 4 is 5.91 Å². The first-order valence-corrected chi connectivity index (χ1v) is 4.82. The molecule has 0 unspecified atom stereocenters. The van der Waals surface area contributed by atoms with Crippen molar-refractivity contribution in [2.45, 2.75) is 19.3 Å². The van der Waals surface area contributed by atoms with Crippen LogP contribution in [0.4, 0.5) is 0 Å². The smallest absolute Gasteiger partial charge is 0.220 e. The summed E-state index contributed by atoms with van der Waals surface area (Å²) in [5, 5.41) is 2.79. The zero-order valence-electron chi connectivity index (χ0n) is 8.16. The van der Waals surface area contributed by atoms with Crippen molar-refractivity contribution in [1.29, 1.82) is 0 Å². The Morgan fingerprint density at radius 3 is 3.07 bits per heavy atom. The largest absolute Gasteiger partial charge is 0.469 e. The summed E-state index contributed by atoms with van der Waals surface area (Å²) in [5.74, 6) is 0.897. The number of hydrogen-bond acceptors (Lipinski definition) is 3. The Morgan fingerprint density at radius 1 is 1.57 bits per heavy atom. The van der Waals surface area contributed by atoms with E-state index in [0.717, 1.165) is 12.2 Å². The zero-order chi connectivity index (χ0) is 10.2. The number of nitrogens with two attached hydrogens (primary N) is 1. The van der Waals surface area contributed by atoms with E-state index in [1.165, 1.54) is 0 Å². The summed E-state index contributed by atoms with van der Waals surface area (Å²) in [7, 11) is 0. The Hall–Kier alpha value is -1.29. The first-order chi connectivity index (χ1) is 6.83. The lowest BCUT2D eigenvalue weighted by Gasteiger charge is -2.02. The van der Waals surface area contributed by atoms with Crippen LogP contribution in [0.2, 0.25) is 0 Å². The zero-order valence-corrected chi connectivity index (χ0v) is 8.16. The molecule has 78 valence electrons. The van der Waals surface area contributed by atoms with Crippen molar-refractivity contribution in [3.05, 3.63) is 24.2 Å². The number of aryl methyl sites for hydroxylation is 1. The predicted molar refractivity (Wildman–Crippen MR) is 53.7 cm³/mol. The average Bonchev–Trinajstić information content (AvgIpc) is 2.68. The molecule has 0 saturated carbocycles. The number of rotatable bonds is 6. The monoisotopic (exact) mass is 196 g/mol. The van der Waals surface area contributed by atoms with Gasteiger partial charge in [-0.1, -0.05) is 0 Å². The number of carbonyl (C=O) groups excluding carboxylic acids is 1. The summed E-state index contributed by atoms with van der Waals surface area (Å²) < 4.78 is 5.11. The quantitative estimate of drug-likeness (QED) is 0.657. The minimum absolute atomic E-state index is 0.0508. The molecular formula is C10H16N2O2. The predicted octanol–water partition coefficient (Wildman–Crippen LogP) is 0.677. The number of nitrogens with one attached hydrogen (secondary N) is 1. The fraction of sp³-hybridized carbons (Fsp3) is 0.500. The second-order valence-corrected chi connectivity index (χ2v) is 3.07.